The molecular formula is C15H22N2O2S2. The van der Waals surface area contributed by atoms with Gasteiger partial charge in [0, 0.05) is 28.1 Å². The van der Waals surface area contributed by atoms with Crippen molar-refractivity contribution in [3.63, 3.8) is 0 Å². The average molecular weight is 326 g/mol. The lowest BCUT2D eigenvalue weighted by molar-refractivity contribution is 0.407. The number of hydrogen-bond acceptors (Lipinski definition) is 4. The highest BCUT2D eigenvalue weighted by Crippen LogP contribution is 2.34. The van der Waals surface area contributed by atoms with Gasteiger partial charge >= 0.3 is 0 Å². The second-order valence-electron chi connectivity index (χ2n) is 6.27. The van der Waals surface area contributed by atoms with Gasteiger partial charge in [0.2, 0.25) is 10.0 Å². The van der Waals surface area contributed by atoms with E-state index in [2.05, 4.69) is 10.0 Å². The molecule has 2 aromatic rings. The maximum atomic E-state index is 12.7. The fraction of sp³-hybridized carbons (Fsp3) is 0.467. The van der Waals surface area contributed by atoms with E-state index in [4.69, 9.17) is 0 Å². The molecule has 4 nitrogen and oxygen atoms in total. The molecule has 0 bridgehead atoms. The van der Waals surface area contributed by atoms with Gasteiger partial charge in [0.1, 0.15) is 4.90 Å². The third-order valence-electron chi connectivity index (χ3n) is 3.02. The molecule has 0 radical (unpaired) electrons. The average Bonchev–Trinajstić information content (AvgIpc) is 2.75. The maximum absolute atomic E-state index is 12.7. The third-order valence-corrected chi connectivity index (χ3v) is 5.84. The summed E-state index contributed by atoms with van der Waals surface area (Å²) in [4.78, 5) is 1.27. The second-order valence-corrected chi connectivity index (χ2v) is 9.11. The van der Waals surface area contributed by atoms with E-state index in [0.29, 0.717) is 18.0 Å². The predicted molar refractivity (Wildman–Crippen MR) is 89.2 cm³/mol. The van der Waals surface area contributed by atoms with Crippen molar-refractivity contribution in [3.8, 4) is 0 Å². The van der Waals surface area contributed by atoms with E-state index in [1.54, 1.807) is 0 Å². The zero-order valence-electron chi connectivity index (χ0n) is 12.9. The van der Waals surface area contributed by atoms with Crippen LogP contribution in [0.2, 0.25) is 0 Å². The van der Waals surface area contributed by atoms with Crippen LogP contribution in [-0.2, 0) is 16.6 Å². The summed E-state index contributed by atoms with van der Waals surface area (Å²) >= 11 is 1.53. The Bertz CT molecular complexity index is 728. The predicted octanol–water partition coefficient (Wildman–Crippen LogP) is 2.95. The minimum absolute atomic E-state index is 0.0952. The smallest absolute Gasteiger partial charge is 0.242 e. The van der Waals surface area contributed by atoms with Gasteiger partial charge in [-0.1, -0.05) is 39.0 Å². The van der Waals surface area contributed by atoms with Crippen LogP contribution in [0.25, 0.3) is 10.1 Å². The van der Waals surface area contributed by atoms with Gasteiger partial charge in [0.05, 0.1) is 0 Å². The first-order valence-corrected chi connectivity index (χ1v) is 9.19. The number of rotatable bonds is 5. The van der Waals surface area contributed by atoms with Gasteiger partial charge in [-0.15, -0.1) is 11.3 Å². The molecule has 0 saturated heterocycles. The molecule has 21 heavy (non-hydrogen) atoms. The highest BCUT2D eigenvalue weighted by Gasteiger charge is 2.25. The lowest BCUT2D eigenvalue weighted by Crippen LogP contribution is -2.32. The molecule has 116 valence electrons. The molecule has 1 aromatic heterocycles. The van der Waals surface area contributed by atoms with Gasteiger partial charge in [0.25, 0.3) is 0 Å². The number of sulfonamides is 1. The van der Waals surface area contributed by atoms with Crippen molar-refractivity contribution in [3.05, 3.63) is 29.1 Å². The van der Waals surface area contributed by atoms with Crippen molar-refractivity contribution in [2.45, 2.75) is 32.2 Å². The lowest BCUT2D eigenvalue weighted by Gasteiger charge is -2.19. The van der Waals surface area contributed by atoms with Crippen LogP contribution in [-0.4, -0.2) is 22.0 Å². The van der Waals surface area contributed by atoms with Gasteiger partial charge in [-0.2, -0.15) is 0 Å². The van der Waals surface area contributed by atoms with E-state index in [0.717, 1.165) is 15.0 Å². The largest absolute Gasteiger partial charge is 0.315 e. The van der Waals surface area contributed by atoms with Crippen molar-refractivity contribution >= 4 is 31.4 Å². The molecule has 0 fully saturated rings. The summed E-state index contributed by atoms with van der Waals surface area (Å²) in [6, 6.07) is 7.64. The Morgan fingerprint density at radius 1 is 1.19 bits per heavy atom. The molecule has 0 spiro atoms. The van der Waals surface area contributed by atoms with Crippen molar-refractivity contribution in [1.82, 2.24) is 10.0 Å². The monoisotopic (exact) mass is 326 g/mol. The first-order chi connectivity index (χ1) is 9.74. The van der Waals surface area contributed by atoms with Crippen LogP contribution in [0, 0.1) is 5.41 Å². The van der Waals surface area contributed by atoms with Gasteiger partial charge in [0.15, 0.2) is 0 Å². The Labute approximate surface area is 130 Å². The molecule has 2 N–H and O–H groups in total. The van der Waals surface area contributed by atoms with Crippen molar-refractivity contribution in [1.29, 1.82) is 0 Å². The van der Waals surface area contributed by atoms with E-state index < -0.39 is 10.0 Å². The minimum Gasteiger partial charge on any atom is -0.315 e. The Hall–Kier alpha value is -0.950. The summed E-state index contributed by atoms with van der Waals surface area (Å²) in [6.45, 7) is 6.99. The second kappa shape index (κ2) is 6.04. The molecule has 0 aliphatic heterocycles. The van der Waals surface area contributed by atoms with Crippen LogP contribution in [0.1, 0.15) is 25.6 Å². The first-order valence-electron chi connectivity index (χ1n) is 6.89. The fourth-order valence-corrected chi connectivity index (χ4v) is 5.26. The Morgan fingerprint density at radius 2 is 1.86 bits per heavy atom. The molecule has 0 unspecified atom stereocenters. The first kappa shape index (κ1) is 16.4. The highest BCUT2D eigenvalue weighted by atomic mass is 32.2. The summed E-state index contributed by atoms with van der Waals surface area (Å²) in [6.07, 6.45) is 0. The Kier molecular flexibility index (Phi) is 4.72. The summed E-state index contributed by atoms with van der Waals surface area (Å²) in [5, 5.41) is 3.85. The van der Waals surface area contributed by atoms with Crippen molar-refractivity contribution in [2.24, 2.45) is 5.41 Å². The SMILES string of the molecule is CNCc1sc2ccccc2c1S(=O)(=O)NCC(C)(C)C. The topological polar surface area (TPSA) is 58.2 Å². The molecule has 0 aliphatic carbocycles. The van der Waals surface area contributed by atoms with Gasteiger partial charge in [-0.25, -0.2) is 13.1 Å². The fourth-order valence-electron chi connectivity index (χ4n) is 2.03. The van der Waals surface area contributed by atoms with E-state index >= 15 is 0 Å². The van der Waals surface area contributed by atoms with Crippen LogP contribution in [0.15, 0.2) is 29.2 Å². The van der Waals surface area contributed by atoms with Crippen molar-refractivity contribution < 1.29 is 8.42 Å². The zero-order chi connectivity index (χ0) is 15.7. The van der Waals surface area contributed by atoms with Crippen LogP contribution >= 0.6 is 11.3 Å². The van der Waals surface area contributed by atoms with E-state index in [-0.39, 0.29) is 5.41 Å². The summed E-state index contributed by atoms with van der Waals surface area (Å²) in [7, 11) is -1.69. The summed E-state index contributed by atoms with van der Waals surface area (Å²) in [5.74, 6) is 0. The Balaban J connectivity index is 2.50. The minimum atomic E-state index is -3.51. The van der Waals surface area contributed by atoms with E-state index in [1.807, 2.05) is 52.1 Å². The molecule has 2 rings (SSSR count). The maximum Gasteiger partial charge on any atom is 0.242 e. The standard InChI is InChI=1S/C15H22N2O2S2/c1-15(2,3)10-17-21(18,19)14-11-7-5-6-8-12(11)20-13(14)9-16-4/h5-8,16-17H,9-10H2,1-4H3. The quantitative estimate of drug-likeness (QED) is 0.888. The molecule has 0 atom stereocenters. The van der Waals surface area contributed by atoms with E-state index in [1.165, 1.54) is 11.3 Å². The van der Waals surface area contributed by atoms with Crippen LogP contribution < -0.4 is 10.0 Å². The molecule has 0 aliphatic rings. The molecule has 1 aromatic carbocycles. The van der Waals surface area contributed by atoms with Crippen LogP contribution in [0.4, 0.5) is 0 Å². The van der Waals surface area contributed by atoms with E-state index in [9.17, 15) is 8.42 Å². The van der Waals surface area contributed by atoms with Crippen molar-refractivity contribution in [2.75, 3.05) is 13.6 Å². The molecule has 6 heteroatoms. The molecular weight excluding hydrogens is 304 g/mol. The van der Waals surface area contributed by atoms with Crippen LogP contribution in [0.3, 0.4) is 0 Å². The van der Waals surface area contributed by atoms with Gasteiger partial charge < -0.3 is 5.32 Å². The molecule has 1 heterocycles. The number of fused-ring (bicyclic) bond motifs is 1. The third kappa shape index (κ3) is 3.83. The summed E-state index contributed by atoms with van der Waals surface area (Å²) in [5.41, 5.74) is -0.0952. The number of hydrogen-bond donors (Lipinski definition) is 2. The van der Waals surface area contributed by atoms with Crippen LogP contribution in [0.5, 0.6) is 0 Å². The zero-order valence-corrected chi connectivity index (χ0v) is 14.5. The number of nitrogens with one attached hydrogen (secondary N) is 2. The molecule has 0 amide bonds. The lowest BCUT2D eigenvalue weighted by atomic mass is 9.98. The Morgan fingerprint density at radius 3 is 2.48 bits per heavy atom. The van der Waals surface area contributed by atoms with Gasteiger partial charge in [-0.3, -0.25) is 0 Å². The highest BCUT2D eigenvalue weighted by molar-refractivity contribution is 7.90. The van der Waals surface area contributed by atoms with Gasteiger partial charge in [-0.05, 0) is 18.5 Å². The number of benzene rings is 1. The molecule has 0 saturated carbocycles. The summed E-state index contributed by atoms with van der Waals surface area (Å²) < 4.78 is 29.2. The number of thiophene rings is 1. The normalized spacial score (nSPS) is 13.0.